The number of anilines is 1. The summed E-state index contributed by atoms with van der Waals surface area (Å²) < 4.78 is 55.2. The average Bonchev–Trinajstić information content (AvgIpc) is 3.02. The van der Waals surface area contributed by atoms with E-state index < -0.39 is 61.4 Å². The average molecular weight is 566 g/mol. The van der Waals surface area contributed by atoms with Crippen molar-refractivity contribution in [1.29, 1.82) is 0 Å². The zero-order valence-corrected chi connectivity index (χ0v) is 21.2. The van der Waals surface area contributed by atoms with Crippen LogP contribution in [0.25, 0.3) is 0 Å². The lowest BCUT2D eigenvalue weighted by atomic mass is 9.80. The number of nitrogens with one attached hydrogen (secondary N) is 2. The number of carbonyl (C=O) groups excluding carboxylic acids is 1. The number of amides is 1. The third kappa shape index (κ3) is 4.36. The molecule has 38 heavy (non-hydrogen) atoms. The predicted octanol–water partition coefficient (Wildman–Crippen LogP) is 3.03. The monoisotopic (exact) mass is 565 g/mol. The number of rotatable bonds is 5. The molecule has 13 heteroatoms. The van der Waals surface area contributed by atoms with Gasteiger partial charge in [-0.15, -0.1) is 0 Å². The Morgan fingerprint density at radius 1 is 1.05 bits per heavy atom. The Balaban J connectivity index is 1.42. The van der Waals surface area contributed by atoms with Gasteiger partial charge in [0.2, 0.25) is 0 Å². The molecular formula is C25H22ClF2N3O6S. The molecule has 0 radical (unpaired) electrons. The molecule has 9 nitrogen and oxygen atoms in total. The van der Waals surface area contributed by atoms with E-state index in [1.807, 2.05) is 0 Å². The fraction of sp³-hybridized carbons (Fsp3) is 0.320. The van der Waals surface area contributed by atoms with Crippen molar-refractivity contribution >= 4 is 33.0 Å². The molecule has 4 atom stereocenters. The van der Waals surface area contributed by atoms with Crippen LogP contribution in [0.1, 0.15) is 36.0 Å². The van der Waals surface area contributed by atoms with E-state index in [1.54, 1.807) is 0 Å². The van der Waals surface area contributed by atoms with Crippen molar-refractivity contribution in [2.24, 2.45) is 11.8 Å². The van der Waals surface area contributed by atoms with Gasteiger partial charge in [0.05, 0.1) is 15.2 Å². The maximum absolute atomic E-state index is 13.7. The number of hydrogen-bond acceptors (Lipinski definition) is 6. The van der Waals surface area contributed by atoms with Crippen LogP contribution >= 0.6 is 11.6 Å². The quantitative estimate of drug-likeness (QED) is 0.435. The van der Waals surface area contributed by atoms with E-state index in [2.05, 4.69) is 10.3 Å². The molecule has 2 aliphatic rings. The highest BCUT2D eigenvalue weighted by molar-refractivity contribution is 7.92. The Kier molecular flexibility index (Phi) is 6.52. The molecule has 0 spiro atoms. The third-order valence-electron chi connectivity index (χ3n) is 7.49. The third-order valence-corrected chi connectivity index (χ3v) is 10.1. The number of aromatic amines is 1. The Morgan fingerprint density at radius 3 is 2.37 bits per heavy atom. The molecule has 2 bridgehead atoms. The largest absolute Gasteiger partial charge is 0.370 e. The molecule has 2 unspecified atom stereocenters. The second-order valence-electron chi connectivity index (χ2n) is 9.60. The number of benzene rings is 2. The second-order valence-corrected chi connectivity index (χ2v) is 12.2. The summed E-state index contributed by atoms with van der Waals surface area (Å²) in [5, 5.41) is 12.9. The summed E-state index contributed by atoms with van der Waals surface area (Å²) in [5.41, 5.74) is -3.12. The molecule has 3 N–H and O–H groups in total. The maximum atomic E-state index is 13.7. The first-order valence-electron chi connectivity index (χ1n) is 11.8. The van der Waals surface area contributed by atoms with Crippen molar-refractivity contribution in [2.75, 3.05) is 5.32 Å². The van der Waals surface area contributed by atoms with Crippen LogP contribution in [0, 0.1) is 23.5 Å². The van der Waals surface area contributed by atoms with Crippen LogP contribution in [0.2, 0.25) is 5.02 Å². The highest BCUT2D eigenvalue weighted by Gasteiger charge is 2.57. The summed E-state index contributed by atoms with van der Waals surface area (Å²) >= 11 is 6.25. The van der Waals surface area contributed by atoms with Crippen LogP contribution in [0.3, 0.4) is 0 Å². The summed E-state index contributed by atoms with van der Waals surface area (Å²) in [7, 11) is -4.09. The Bertz CT molecular complexity index is 1660. The molecule has 2 fully saturated rings. The van der Waals surface area contributed by atoms with Gasteiger partial charge in [0.15, 0.2) is 27.2 Å². The van der Waals surface area contributed by atoms with E-state index in [-0.39, 0.29) is 34.0 Å². The smallest absolute Gasteiger partial charge is 0.330 e. The Labute approximate surface area is 220 Å². The zero-order chi connectivity index (χ0) is 27.4. The van der Waals surface area contributed by atoms with Gasteiger partial charge in [-0.25, -0.2) is 22.0 Å². The molecule has 3 aromatic rings. The number of halogens is 3. The lowest BCUT2D eigenvalue weighted by Gasteiger charge is -2.43. The molecular weight excluding hydrogens is 544 g/mol. The van der Waals surface area contributed by atoms with Crippen molar-refractivity contribution < 1.29 is 27.1 Å². The van der Waals surface area contributed by atoms with Crippen LogP contribution in [0.4, 0.5) is 14.5 Å². The summed E-state index contributed by atoms with van der Waals surface area (Å²) in [6.07, 6.45) is 2.23. The van der Waals surface area contributed by atoms with Crippen LogP contribution in [-0.2, 0) is 15.6 Å². The number of hydrogen-bond donors (Lipinski definition) is 3. The van der Waals surface area contributed by atoms with Gasteiger partial charge in [-0.05, 0) is 56.0 Å². The molecule has 0 aliphatic heterocycles. The van der Waals surface area contributed by atoms with E-state index in [1.165, 1.54) is 18.3 Å². The maximum Gasteiger partial charge on any atom is 0.330 e. The topological polar surface area (TPSA) is 138 Å². The fourth-order valence-electron chi connectivity index (χ4n) is 5.64. The summed E-state index contributed by atoms with van der Waals surface area (Å²) in [6.45, 7) is 0. The first kappa shape index (κ1) is 26.3. The van der Waals surface area contributed by atoms with E-state index in [0.717, 1.165) is 34.9 Å². The molecule has 2 aliphatic carbocycles. The van der Waals surface area contributed by atoms with Crippen LogP contribution in [0.5, 0.6) is 0 Å². The SMILES string of the molecule is O=C(Nc1ccc(F)c(F)c1)c1ccc(Cl)c(S(=O)(=O)C2C[C@H]3CC[C@@H](C2)C3(O)n2ccc(=O)[nH]c2=O)c1. The van der Waals surface area contributed by atoms with E-state index >= 15 is 0 Å². The second kappa shape index (κ2) is 9.44. The molecule has 1 amide bonds. The van der Waals surface area contributed by atoms with Crippen molar-refractivity contribution in [3.8, 4) is 0 Å². The summed E-state index contributed by atoms with van der Waals surface area (Å²) in [4.78, 5) is 38.5. The number of sulfone groups is 1. The normalized spacial score (nSPS) is 24.8. The number of carbonyl (C=O) groups is 1. The molecule has 0 saturated heterocycles. The van der Waals surface area contributed by atoms with Gasteiger partial charge < -0.3 is 10.4 Å². The van der Waals surface area contributed by atoms with Gasteiger partial charge in [-0.1, -0.05) is 11.6 Å². The highest BCUT2D eigenvalue weighted by Crippen LogP contribution is 2.54. The zero-order valence-electron chi connectivity index (χ0n) is 19.7. The number of aromatic nitrogens is 2. The molecule has 2 saturated carbocycles. The van der Waals surface area contributed by atoms with E-state index in [0.29, 0.717) is 12.8 Å². The van der Waals surface area contributed by atoms with Crippen molar-refractivity contribution in [2.45, 2.75) is 41.6 Å². The minimum absolute atomic E-state index is 0.0195. The van der Waals surface area contributed by atoms with Gasteiger partial charge in [0, 0.05) is 41.4 Å². The number of aliphatic hydroxyl groups is 1. The van der Waals surface area contributed by atoms with Crippen molar-refractivity contribution in [3.05, 3.63) is 91.7 Å². The summed E-state index contributed by atoms with van der Waals surface area (Å²) in [5.74, 6) is -4.15. The minimum atomic E-state index is -4.09. The molecule has 1 heterocycles. The van der Waals surface area contributed by atoms with Crippen LogP contribution in [-0.4, -0.2) is 34.2 Å². The molecule has 1 aromatic heterocycles. The van der Waals surface area contributed by atoms with Gasteiger partial charge >= 0.3 is 5.69 Å². The Morgan fingerprint density at radius 2 is 1.74 bits per heavy atom. The van der Waals surface area contributed by atoms with E-state index in [9.17, 15) is 36.7 Å². The number of H-pyrrole nitrogens is 1. The Hall–Kier alpha value is -3.35. The van der Waals surface area contributed by atoms with Crippen LogP contribution in [0.15, 0.2) is 63.1 Å². The van der Waals surface area contributed by atoms with Crippen molar-refractivity contribution in [1.82, 2.24) is 9.55 Å². The lowest BCUT2D eigenvalue weighted by molar-refractivity contribution is -0.132. The van der Waals surface area contributed by atoms with Gasteiger partial charge in [0.1, 0.15) is 0 Å². The first-order valence-corrected chi connectivity index (χ1v) is 13.7. The summed E-state index contributed by atoms with van der Waals surface area (Å²) in [6, 6.07) is 7.64. The number of nitrogens with zero attached hydrogens (tertiary/aromatic N) is 1. The van der Waals surface area contributed by atoms with Gasteiger partial charge in [-0.3, -0.25) is 19.1 Å². The lowest BCUT2D eigenvalue weighted by Crippen LogP contribution is -2.54. The van der Waals surface area contributed by atoms with Crippen LogP contribution < -0.4 is 16.6 Å². The molecule has 2 aromatic carbocycles. The molecule has 5 rings (SSSR count). The van der Waals surface area contributed by atoms with Gasteiger partial charge in [0.25, 0.3) is 11.5 Å². The standard InChI is InChI=1S/C25H22ClF2N3O6S/c26-18-5-1-13(23(33)29-16-4-6-19(27)20(28)12-16)9-21(18)38(36,37)17-10-14-2-3-15(11-17)25(14,35)31-8-7-22(32)30-24(31)34/h1,4-9,12,14-15,17,35H,2-3,10-11H2,(H,29,33)(H,30,32,34)/t14-,15+,17?,25?. The van der Waals surface area contributed by atoms with Crippen molar-refractivity contribution in [3.63, 3.8) is 0 Å². The predicted molar refractivity (Wildman–Crippen MR) is 134 cm³/mol. The first-order chi connectivity index (χ1) is 17.9. The fourth-order valence-corrected chi connectivity index (χ4v) is 8.04. The highest BCUT2D eigenvalue weighted by atomic mass is 35.5. The number of fused-ring (bicyclic) bond motifs is 2. The van der Waals surface area contributed by atoms with E-state index in [4.69, 9.17) is 11.6 Å². The molecule has 200 valence electrons. The van der Waals surface area contributed by atoms with Gasteiger partial charge in [-0.2, -0.15) is 0 Å². The minimum Gasteiger partial charge on any atom is -0.370 e.